The molecule has 21 heavy (non-hydrogen) atoms. The molecule has 0 spiro atoms. The van der Waals surface area contributed by atoms with E-state index < -0.39 is 5.60 Å². The molecule has 1 aromatic rings. The molecule has 6 heteroatoms. The van der Waals surface area contributed by atoms with Crippen molar-refractivity contribution < 1.29 is 14.3 Å². The Kier molecular flexibility index (Phi) is 4.34. The van der Waals surface area contributed by atoms with Gasteiger partial charge in [-0.25, -0.2) is 4.79 Å². The van der Waals surface area contributed by atoms with E-state index in [1.54, 1.807) is 28.8 Å². The van der Waals surface area contributed by atoms with E-state index in [9.17, 15) is 9.59 Å². The molecule has 116 valence electrons. The quantitative estimate of drug-likeness (QED) is 0.786. The van der Waals surface area contributed by atoms with Crippen LogP contribution in [0.5, 0.6) is 0 Å². The van der Waals surface area contributed by atoms with Crippen LogP contribution in [-0.4, -0.2) is 45.2 Å². The predicted molar refractivity (Wildman–Crippen MR) is 78.3 cm³/mol. The molecule has 0 aromatic carbocycles. The molecule has 1 aromatic heterocycles. The summed E-state index contributed by atoms with van der Waals surface area (Å²) in [5.41, 5.74) is 0.156. The van der Waals surface area contributed by atoms with Gasteiger partial charge < -0.3 is 9.64 Å². The zero-order chi connectivity index (χ0) is 15.6. The molecule has 0 saturated carbocycles. The second-order valence-corrected chi connectivity index (χ2v) is 6.42. The number of aromatic nitrogens is 2. The van der Waals surface area contributed by atoms with Crippen molar-refractivity contribution in [1.29, 1.82) is 0 Å². The van der Waals surface area contributed by atoms with Crippen LogP contribution in [0.4, 0.5) is 4.79 Å². The number of Topliss-reactive ketones (excluding diaryl/α,β-unsaturated/α-hetero) is 1. The average molecular weight is 293 g/mol. The number of hydrogen-bond acceptors (Lipinski definition) is 4. The Labute approximate surface area is 125 Å². The van der Waals surface area contributed by atoms with Gasteiger partial charge >= 0.3 is 6.09 Å². The number of likely N-dealkylation sites (tertiary alicyclic amines) is 1. The van der Waals surface area contributed by atoms with Gasteiger partial charge in [0.1, 0.15) is 11.3 Å². The smallest absolute Gasteiger partial charge is 0.410 e. The van der Waals surface area contributed by atoms with Gasteiger partial charge in [0.2, 0.25) is 0 Å². The molecule has 1 aliphatic rings. The second kappa shape index (κ2) is 5.87. The van der Waals surface area contributed by atoms with Gasteiger partial charge in [-0.2, -0.15) is 5.10 Å². The zero-order valence-electron chi connectivity index (χ0n) is 13.1. The number of carbonyl (C=O) groups is 2. The molecule has 0 radical (unpaired) electrons. The highest BCUT2D eigenvalue weighted by Crippen LogP contribution is 2.24. The first-order valence-electron chi connectivity index (χ1n) is 7.30. The second-order valence-electron chi connectivity index (χ2n) is 6.42. The van der Waals surface area contributed by atoms with Gasteiger partial charge in [-0.05, 0) is 39.7 Å². The van der Waals surface area contributed by atoms with Crippen LogP contribution < -0.4 is 0 Å². The summed E-state index contributed by atoms with van der Waals surface area (Å²) in [4.78, 5) is 25.3. The van der Waals surface area contributed by atoms with Crippen molar-refractivity contribution >= 4 is 11.9 Å². The Morgan fingerprint density at radius 1 is 1.29 bits per heavy atom. The number of piperidine rings is 1. The van der Waals surface area contributed by atoms with Crippen LogP contribution in [0.25, 0.3) is 0 Å². The molecule has 1 aliphatic heterocycles. The van der Waals surface area contributed by atoms with Gasteiger partial charge in [-0.1, -0.05) is 0 Å². The lowest BCUT2D eigenvalue weighted by atomic mass is 10.1. The highest BCUT2D eigenvalue weighted by molar-refractivity contribution is 5.92. The van der Waals surface area contributed by atoms with Crippen molar-refractivity contribution in [2.24, 2.45) is 0 Å². The van der Waals surface area contributed by atoms with Crippen LogP contribution in [0.15, 0.2) is 12.3 Å². The fourth-order valence-corrected chi connectivity index (χ4v) is 2.50. The van der Waals surface area contributed by atoms with Crippen LogP contribution >= 0.6 is 0 Å². The van der Waals surface area contributed by atoms with Crippen molar-refractivity contribution in [3.63, 3.8) is 0 Å². The fourth-order valence-electron chi connectivity index (χ4n) is 2.50. The standard InChI is InChI=1S/C15H23N3O3/c1-11(19)13-5-8-16-18(13)12-6-9-17(10-7-12)14(20)21-15(2,3)4/h5,8,12H,6-7,9-10H2,1-4H3. The predicted octanol–water partition coefficient (Wildman–Crippen LogP) is 2.66. The van der Waals surface area contributed by atoms with E-state index in [1.165, 1.54) is 0 Å². The Hall–Kier alpha value is -1.85. The van der Waals surface area contributed by atoms with Gasteiger partial charge in [0.05, 0.1) is 6.04 Å². The largest absolute Gasteiger partial charge is 0.444 e. The summed E-state index contributed by atoms with van der Waals surface area (Å²) >= 11 is 0. The maximum absolute atomic E-state index is 12.0. The molecule has 0 N–H and O–H groups in total. The topological polar surface area (TPSA) is 64.4 Å². The summed E-state index contributed by atoms with van der Waals surface area (Å²) in [6, 6.07) is 1.90. The molecule has 1 fully saturated rings. The summed E-state index contributed by atoms with van der Waals surface area (Å²) < 4.78 is 7.16. The minimum absolute atomic E-state index is 0.0158. The number of hydrogen-bond donors (Lipinski definition) is 0. The third kappa shape index (κ3) is 3.83. The van der Waals surface area contributed by atoms with Crippen molar-refractivity contribution in [2.45, 2.75) is 52.2 Å². The fraction of sp³-hybridized carbons (Fsp3) is 0.667. The molecule has 0 atom stereocenters. The van der Waals surface area contributed by atoms with Crippen LogP contribution in [0.2, 0.25) is 0 Å². The van der Waals surface area contributed by atoms with E-state index in [-0.39, 0.29) is 17.9 Å². The number of carbonyl (C=O) groups excluding carboxylic acids is 2. The molecule has 1 saturated heterocycles. The van der Waals surface area contributed by atoms with Gasteiger partial charge in [0, 0.05) is 26.2 Å². The Bertz CT molecular complexity index is 523. The lowest BCUT2D eigenvalue weighted by Crippen LogP contribution is -2.42. The summed E-state index contributed by atoms with van der Waals surface area (Å²) in [6.07, 6.45) is 2.94. The molecule has 6 nitrogen and oxygen atoms in total. The minimum atomic E-state index is -0.474. The first kappa shape index (κ1) is 15.5. The van der Waals surface area contributed by atoms with Crippen LogP contribution in [0.1, 0.15) is 57.1 Å². The third-order valence-corrected chi connectivity index (χ3v) is 3.49. The maximum atomic E-state index is 12.0. The van der Waals surface area contributed by atoms with Crippen molar-refractivity contribution in [3.8, 4) is 0 Å². The van der Waals surface area contributed by atoms with E-state index in [0.29, 0.717) is 18.8 Å². The van der Waals surface area contributed by atoms with Crippen molar-refractivity contribution in [1.82, 2.24) is 14.7 Å². The summed E-state index contributed by atoms with van der Waals surface area (Å²) in [5.74, 6) is 0.0158. The third-order valence-electron chi connectivity index (χ3n) is 3.49. The lowest BCUT2D eigenvalue weighted by Gasteiger charge is -2.33. The van der Waals surface area contributed by atoms with Crippen molar-refractivity contribution in [2.75, 3.05) is 13.1 Å². The van der Waals surface area contributed by atoms with E-state index >= 15 is 0 Å². The summed E-state index contributed by atoms with van der Waals surface area (Å²) in [5, 5.41) is 4.25. The highest BCUT2D eigenvalue weighted by Gasteiger charge is 2.28. The number of ketones is 1. The molecule has 0 aliphatic carbocycles. The lowest BCUT2D eigenvalue weighted by molar-refractivity contribution is 0.0183. The van der Waals surface area contributed by atoms with Gasteiger partial charge in [-0.3, -0.25) is 9.48 Å². The van der Waals surface area contributed by atoms with Gasteiger partial charge in [0.15, 0.2) is 5.78 Å². The van der Waals surface area contributed by atoms with Gasteiger partial charge in [0.25, 0.3) is 0 Å². The van der Waals surface area contributed by atoms with E-state index in [2.05, 4.69) is 5.10 Å². The Morgan fingerprint density at radius 3 is 2.43 bits per heavy atom. The average Bonchev–Trinajstić information content (AvgIpc) is 2.86. The number of ether oxygens (including phenoxy) is 1. The first-order chi connectivity index (χ1) is 9.78. The Morgan fingerprint density at radius 2 is 1.90 bits per heavy atom. The molecule has 0 unspecified atom stereocenters. The van der Waals surface area contributed by atoms with Crippen LogP contribution in [-0.2, 0) is 4.74 Å². The van der Waals surface area contributed by atoms with E-state index in [4.69, 9.17) is 4.74 Å². The van der Waals surface area contributed by atoms with Gasteiger partial charge in [-0.15, -0.1) is 0 Å². The SMILES string of the molecule is CC(=O)c1ccnn1C1CCN(C(=O)OC(C)(C)C)CC1. The van der Waals surface area contributed by atoms with Crippen molar-refractivity contribution in [3.05, 3.63) is 18.0 Å². The summed E-state index contributed by atoms with van der Waals surface area (Å²) in [7, 11) is 0. The zero-order valence-corrected chi connectivity index (χ0v) is 13.1. The van der Waals surface area contributed by atoms with E-state index in [0.717, 1.165) is 12.8 Å². The minimum Gasteiger partial charge on any atom is -0.444 e. The molecular formula is C15H23N3O3. The number of amides is 1. The summed E-state index contributed by atoms with van der Waals surface area (Å²) in [6.45, 7) is 8.37. The molecule has 2 heterocycles. The molecule has 1 amide bonds. The first-order valence-corrected chi connectivity index (χ1v) is 7.30. The normalized spacial score (nSPS) is 16.9. The van der Waals surface area contributed by atoms with Crippen LogP contribution in [0, 0.1) is 0 Å². The number of nitrogens with zero attached hydrogens (tertiary/aromatic N) is 3. The highest BCUT2D eigenvalue weighted by atomic mass is 16.6. The van der Waals surface area contributed by atoms with E-state index in [1.807, 2.05) is 20.8 Å². The Balaban J connectivity index is 1.96. The monoisotopic (exact) mass is 293 g/mol. The molecule has 0 bridgehead atoms. The maximum Gasteiger partial charge on any atom is 0.410 e. The van der Waals surface area contributed by atoms with Crippen LogP contribution in [0.3, 0.4) is 0 Å². The number of rotatable bonds is 2. The molecular weight excluding hydrogens is 270 g/mol. The molecule has 2 rings (SSSR count).